The van der Waals surface area contributed by atoms with Crippen LogP contribution in [0, 0.1) is 5.21 Å². The topological polar surface area (TPSA) is 65.9 Å². The van der Waals surface area contributed by atoms with Gasteiger partial charge in [0.2, 0.25) is 0 Å². The third-order valence-electron chi connectivity index (χ3n) is 2.19. The molecule has 0 fully saturated rings. The number of pyridine rings is 1. The van der Waals surface area contributed by atoms with E-state index in [1.807, 2.05) is 18.2 Å². The maximum Gasteiger partial charge on any atom is 0.263 e. The molecule has 0 N–H and O–H groups in total. The van der Waals surface area contributed by atoms with Crippen molar-refractivity contribution in [1.82, 2.24) is 10.1 Å². The van der Waals surface area contributed by atoms with Gasteiger partial charge >= 0.3 is 0 Å². The minimum atomic E-state index is 0.0972. The highest BCUT2D eigenvalue weighted by molar-refractivity contribution is 6.34. The molecule has 0 amide bonds. The number of aromatic nitrogens is 3. The molecule has 0 bridgehead atoms. The Labute approximate surface area is 88.4 Å². The van der Waals surface area contributed by atoms with Crippen LogP contribution in [-0.2, 0) is 0 Å². The van der Waals surface area contributed by atoms with Crippen molar-refractivity contribution in [3.8, 4) is 0 Å². The smallest absolute Gasteiger partial charge is 0.263 e. The fourth-order valence-corrected chi connectivity index (χ4v) is 1.78. The van der Waals surface area contributed by atoms with E-state index >= 15 is 0 Å². The zero-order valence-corrected chi connectivity index (χ0v) is 8.10. The Kier molecular flexibility index (Phi) is 1.58. The monoisotopic (exact) mass is 221 g/mol. The van der Waals surface area contributed by atoms with Gasteiger partial charge in [0.1, 0.15) is 0 Å². The van der Waals surface area contributed by atoms with E-state index in [4.69, 9.17) is 11.6 Å². The summed E-state index contributed by atoms with van der Waals surface area (Å²) in [5, 5.41) is 15.7. The average Bonchev–Trinajstić information content (AvgIpc) is 2.62. The van der Waals surface area contributed by atoms with Crippen molar-refractivity contribution in [3.05, 3.63) is 34.6 Å². The van der Waals surface area contributed by atoms with E-state index < -0.39 is 0 Å². The summed E-state index contributed by atoms with van der Waals surface area (Å²) in [4.78, 5) is 4.34. The predicted octanol–water partition coefficient (Wildman–Crippen LogP) is 1.66. The van der Waals surface area contributed by atoms with E-state index in [2.05, 4.69) is 14.8 Å². The summed E-state index contributed by atoms with van der Waals surface area (Å²) in [6.07, 6.45) is 0. The summed E-state index contributed by atoms with van der Waals surface area (Å²) in [5.74, 6) is 0. The van der Waals surface area contributed by atoms with Gasteiger partial charge in [-0.15, -0.1) is 0 Å². The van der Waals surface area contributed by atoms with Crippen LogP contribution >= 0.6 is 11.6 Å². The van der Waals surface area contributed by atoms with E-state index in [1.54, 1.807) is 6.07 Å². The summed E-state index contributed by atoms with van der Waals surface area (Å²) < 4.78 is 4.49. The van der Waals surface area contributed by atoms with Crippen LogP contribution in [0.1, 0.15) is 0 Å². The van der Waals surface area contributed by atoms with Gasteiger partial charge in [-0.1, -0.05) is 23.7 Å². The molecule has 2 aromatic heterocycles. The van der Waals surface area contributed by atoms with Gasteiger partial charge in [-0.3, -0.25) is 4.63 Å². The number of hydrogen-bond acceptors (Lipinski definition) is 4. The third-order valence-corrected chi connectivity index (χ3v) is 2.45. The highest BCUT2D eigenvalue weighted by atomic mass is 35.5. The summed E-state index contributed by atoms with van der Waals surface area (Å²) in [6.45, 7) is 0. The fourth-order valence-electron chi connectivity index (χ4n) is 1.53. The molecule has 0 radical (unpaired) electrons. The first-order valence-electron chi connectivity index (χ1n) is 4.21. The zero-order valence-electron chi connectivity index (χ0n) is 7.35. The summed E-state index contributed by atoms with van der Waals surface area (Å²) in [6, 6.07) is 7.28. The quantitative estimate of drug-likeness (QED) is 0.428. The average molecular weight is 222 g/mol. The van der Waals surface area contributed by atoms with Gasteiger partial charge < -0.3 is 5.21 Å². The maximum atomic E-state index is 11.2. The number of nitrogens with zero attached hydrogens (tertiary/aromatic N) is 3. The molecule has 0 atom stereocenters. The lowest BCUT2D eigenvalue weighted by Crippen LogP contribution is -2.23. The highest BCUT2D eigenvalue weighted by Crippen LogP contribution is 2.24. The fraction of sp³-hybridized carbons (Fsp3) is 0. The van der Waals surface area contributed by atoms with Crippen LogP contribution in [0.5, 0.6) is 0 Å². The van der Waals surface area contributed by atoms with Gasteiger partial charge in [0, 0.05) is 5.16 Å². The second kappa shape index (κ2) is 2.80. The van der Waals surface area contributed by atoms with E-state index in [1.165, 1.54) is 0 Å². The van der Waals surface area contributed by atoms with Crippen molar-refractivity contribution in [3.63, 3.8) is 0 Å². The predicted molar refractivity (Wildman–Crippen MR) is 53.3 cm³/mol. The number of hydrogen-bond donors (Lipinski definition) is 0. The van der Waals surface area contributed by atoms with Crippen LogP contribution in [0.3, 0.4) is 0 Å². The minimum Gasteiger partial charge on any atom is -0.359 e. The highest BCUT2D eigenvalue weighted by Gasteiger charge is 2.18. The van der Waals surface area contributed by atoms with E-state index in [-0.39, 0.29) is 15.6 Å². The molecular weight excluding hydrogens is 218 g/mol. The standard InChI is InChI=1S/C9H4ClN3O2/c10-9-8-7(12-15-13(8)14)5-3-1-2-4-6(5)11-9/h1-4H. The SMILES string of the molecule is [O-][n+]1onc2c3ccccc3nc(Cl)c21. The molecule has 0 aliphatic carbocycles. The first-order chi connectivity index (χ1) is 7.27. The molecule has 3 aromatic rings. The molecule has 1 aromatic carbocycles. The summed E-state index contributed by atoms with van der Waals surface area (Å²) >= 11 is 5.85. The van der Waals surface area contributed by atoms with Crippen molar-refractivity contribution in [2.75, 3.05) is 0 Å². The van der Waals surface area contributed by atoms with Crippen molar-refractivity contribution in [2.45, 2.75) is 0 Å². The number of halogens is 1. The third kappa shape index (κ3) is 1.07. The molecule has 3 rings (SSSR count). The first kappa shape index (κ1) is 8.43. The molecular formula is C9H4ClN3O2. The second-order valence-electron chi connectivity index (χ2n) is 3.05. The van der Waals surface area contributed by atoms with Crippen LogP contribution in [0.15, 0.2) is 28.9 Å². The molecule has 0 spiro atoms. The largest absolute Gasteiger partial charge is 0.359 e. The normalized spacial score (nSPS) is 11.3. The lowest BCUT2D eigenvalue weighted by Gasteiger charge is -1.95. The molecule has 2 heterocycles. The van der Waals surface area contributed by atoms with Crippen LogP contribution < -0.4 is 4.90 Å². The molecule has 15 heavy (non-hydrogen) atoms. The van der Waals surface area contributed by atoms with Crippen LogP contribution in [0.4, 0.5) is 0 Å². The number of fused-ring (bicyclic) bond motifs is 3. The Balaban J connectivity index is 2.65. The second-order valence-corrected chi connectivity index (χ2v) is 3.41. The van der Waals surface area contributed by atoms with Crippen molar-refractivity contribution >= 4 is 33.5 Å². The summed E-state index contributed by atoms with van der Waals surface area (Å²) in [5.41, 5.74) is 1.28. The Morgan fingerprint density at radius 3 is 3.00 bits per heavy atom. The Bertz CT molecular complexity index is 665. The van der Waals surface area contributed by atoms with Crippen LogP contribution in [0.2, 0.25) is 5.15 Å². The number of para-hydroxylation sites is 1. The van der Waals surface area contributed by atoms with Gasteiger partial charge in [-0.05, 0) is 17.0 Å². The Morgan fingerprint density at radius 1 is 1.33 bits per heavy atom. The molecule has 0 aliphatic heterocycles. The lowest BCUT2D eigenvalue weighted by molar-refractivity contribution is -0.782. The van der Waals surface area contributed by atoms with Gasteiger partial charge in [0.25, 0.3) is 11.0 Å². The number of rotatable bonds is 0. The molecule has 0 saturated heterocycles. The van der Waals surface area contributed by atoms with Crippen LogP contribution in [-0.4, -0.2) is 10.1 Å². The zero-order chi connectivity index (χ0) is 10.4. The van der Waals surface area contributed by atoms with E-state index in [0.717, 1.165) is 5.39 Å². The minimum absolute atomic E-state index is 0.0972. The van der Waals surface area contributed by atoms with Crippen molar-refractivity contribution in [1.29, 1.82) is 0 Å². The summed E-state index contributed by atoms with van der Waals surface area (Å²) in [7, 11) is 0. The van der Waals surface area contributed by atoms with Crippen LogP contribution in [0.25, 0.3) is 21.9 Å². The first-order valence-corrected chi connectivity index (χ1v) is 4.59. The Hall–Kier alpha value is -1.88. The Morgan fingerprint density at radius 2 is 2.13 bits per heavy atom. The molecule has 5 nitrogen and oxygen atoms in total. The van der Waals surface area contributed by atoms with Crippen molar-refractivity contribution in [2.24, 2.45) is 0 Å². The van der Waals surface area contributed by atoms with E-state index in [0.29, 0.717) is 11.0 Å². The van der Waals surface area contributed by atoms with Gasteiger partial charge in [0.15, 0.2) is 5.15 Å². The van der Waals surface area contributed by atoms with Gasteiger partial charge in [-0.25, -0.2) is 4.98 Å². The number of benzene rings is 1. The van der Waals surface area contributed by atoms with E-state index in [9.17, 15) is 5.21 Å². The molecule has 74 valence electrons. The molecule has 0 saturated carbocycles. The molecule has 6 heteroatoms. The maximum absolute atomic E-state index is 11.2. The van der Waals surface area contributed by atoms with Gasteiger partial charge in [-0.2, -0.15) is 0 Å². The van der Waals surface area contributed by atoms with Gasteiger partial charge in [0.05, 0.1) is 10.9 Å². The van der Waals surface area contributed by atoms with Crippen molar-refractivity contribution < 1.29 is 9.53 Å². The molecule has 0 unspecified atom stereocenters. The molecule has 0 aliphatic rings. The lowest BCUT2D eigenvalue weighted by atomic mass is 10.2.